The second-order valence-electron chi connectivity index (χ2n) is 3.36. The highest BCUT2D eigenvalue weighted by Crippen LogP contribution is 2.11. The van der Waals surface area contributed by atoms with E-state index in [-0.39, 0.29) is 0 Å². The summed E-state index contributed by atoms with van der Waals surface area (Å²) in [6, 6.07) is 8.78. The second kappa shape index (κ2) is 4.87. The van der Waals surface area contributed by atoms with Crippen LogP contribution in [0.3, 0.4) is 0 Å². The fourth-order valence-electron chi connectivity index (χ4n) is 1.17. The zero-order chi connectivity index (χ0) is 9.68. The van der Waals surface area contributed by atoms with Crippen LogP contribution in [0.2, 0.25) is 0 Å². The summed E-state index contributed by atoms with van der Waals surface area (Å²) < 4.78 is 0. The van der Waals surface area contributed by atoms with Crippen molar-refractivity contribution in [3.05, 3.63) is 29.8 Å². The zero-order valence-electron chi connectivity index (χ0n) is 8.38. The van der Waals surface area contributed by atoms with Crippen molar-refractivity contribution in [3.8, 4) is 0 Å². The fraction of sp³-hybridized carbons (Fsp3) is 0.455. The Kier molecular flexibility index (Phi) is 3.77. The minimum Gasteiger partial charge on any atom is -0.383 e. The Bertz CT molecular complexity index is 258. The van der Waals surface area contributed by atoms with Gasteiger partial charge in [0, 0.05) is 18.3 Å². The van der Waals surface area contributed by atoms with E-state index in [1.54, 1.807) is 0 Å². The molecule has 0 heterocycles. The summed E-state index contributed by atoms with van der Waals surface area (Å²) in [5.74, 6) is 0. The van der Waals surface area contributed by atoms with Gasteiger partial charge < -0.3 is 11.1 Å². The Balaban J connectivity index is 2.66. The zero-order valence-corrected chi connectivity index (χ0v) is 8.38. The Hall–Kier alpha value is -1.02. The lowest BCUT2D eigenvalue weighted by Gasteiger charge is -2.13. The SMILES string of the molecule is CCC(C)Nc1cccc(CN)c1. The molecule has 3 N–H and O–H groups in total. The number of benzene rings is 1. The molecule has 0 fully saturated rings. The van der Waals surface area contributed by atoms with Gasteiger partial charge in [-0.3, -0.25) is 0 Å². The van der Waals surface area contributed by atoms with Gasteiger partial charge in [0.25, 0.3) is 0 Å². The number of nitrogens with two attached hydrogens (primary N) is 1. The molecule has 2 heteroatoms. The minimum atomic E-state index is 0.521. The highest BCUT2D eigenvalue weighted by atomic mass is 14.9. The average molecular weight is 178 g/mol. The Morgan fingerprint density at radius 1 is 1.46 bits per heavy atom. The first-order valence-corrected chi connectivity index (χ1v) is 4.81. The maximum absolute atomic E-state index is 5.55. The number of anilines is 1. The number of nitrogens with one attached hydrogen (secondary N) is 1. The molecule has 13 heavy (non-hydrogen) atoms. The molecule has 0 saturated heterocycles. The van der Waals surface area contributed by atoms with E-state index in [1.165, 1.54) is 5.56 Å². The molecule has 1 rings (SSSR count). The van der Waals surface area contributed by atoms with Crippen LogP contribution >= 0.6 is 0 Å². The first-order chi connectivity index (χ1) is 6.26. The van der Waals surface area contributed by atoms with Crippen LogP contribution in [0.4, 0.5) is 5.69 Å². The minimum absolute atomic E-state index is 0.521. The van der Waals surface area contributed by atoms with Crippen LogP contribution in [0.25, 0.3) is 0 Å². The van der Waals surface area contributed by atoms with Crippen LogP contribution in [0, 0.1) is 0 Å². The lowest BCUT2D eigenvalue weighted by atomic mass is 10.2. The van der Waals surface area contributed by atoms with Crippen molar-refractivity contribution in [1.82, 2.24) is 0 Å². The molecule has 2 nitrogen and oxygen atoms in total. The summed E-state index contributed by atoms with van der Waals surface area (Å²) >= 11 is 0. The molecule has 72 valence electrons. The van der Waals surface area contributed by atoms with E-state index in [1.807, 2.05) is 12.1 Å². The van der Waals surface area contributed by atoms with Gasteiger partial charge in [0.05, 0.1) is 0 Å². The van der Waals surface area contributed by atoms with Crippen molar-refractivity contribution < 1.29 is 0 Å². The number of rotatable bonds is 4. The third-order valence-electron chi connectivity index (χ3n) is 2.19. The summed E-state index contributed by atoms with van der Waals surface area (Å²) in [4.78, 5) is 0. The molecule has 1 unspecified atom stereocenters. The van der Waals surface area contributed by atoms with Crippen LogP contribution in [0.1, 0.15) is 25.8 Å². The number of hydrogen-bond donors (Lipinski definition) is 2. The molecule has 0 bridgehead atoms. The first kappa shape index (κ1) is 10.1. The van der Waals surface area contributed by atoms with Gasteiger partial charge in [-0.15, -0.1) is 0 Å². The third kappa shape index (κ3) is 3.07. The molecule has 1 aromatic carbocycles. The van der Waals surface area contributed by atoms with Gasteiger partial charge in [-0.05, 0) is 31.0 Å². The van der Waals surface area contributed by atoms with Gasteiger partial charge in [-0.1, -0.05) is 19.1 Å². The van der Waals surface area contributed by atoms with Crippen molar-refractivity contribution in [1.29, 1.82) is 0 Å². The van der Waals surface area contributed by atoms with Crippen molar-refractivity contribution in [2.45, 2.75) is 32.9 Å². The second-order valence-corrected chi connectivity index (χ2v) is 3.36. The molecule has 0 aromatic heterocycles. The predicted molar refractivity (Wildman–Crippen MR) is 57.7 cm³/mol. The summed E-state index contributed by atoms with van der Waals surface area (Å²) in [5, 5.41) is 3.41. The number of hydrogen-bond acceptors (Lipinski definition) is 2. The monoisotopic (exact) mass is 178 g/mol. The smallest absolute Gasteiger partial charge is 0.0345 e. The van der Waals surface area contributed by atoms with Crippen molar-refractivity contribution in [3.63, 3.8) is 0 Å². The van der Waals surface area contributed by atoms with E-state index in [0.29, 0.717) is 12.6 Å². The highest BCUT2D eigenvalue weighted by molar-refractivity contribution is 5.46. The molecular formula is C11H18N2. The van der Waals surface area contributed by atoms with Gasteiger partial charge >= 0.3 is 0 Å². The molecule has 0 aliphatic heterocycles. The summed E-state index contributed by atoms with van der Waals surface area (Å²) in [5.41, 5.74) is 7.89. The van der Waals surface area contributed by atoms with E-state index in [9.17, 15) is 0 Å². The maximum atomic E-state index is 5.55. The van der Waals surface area contributed by atoms with Crippen LogP contribution in [-0.2, 0) is 6.54 Å². The van der Waals surface area contributed by atoms with Crippen LogP contribution in [0.5, 0.6) is 0 Å². The van der Waals surface area contributed by atoms with Gasteiger partial charge in [-0.25, -0.2) is 0 Å². The fourth-order valence-corrected chi connectivity index (χ4v) is 1.17. The van der Waals surface area contributed by atoms with Crippen LogP contribution in [-0.4, -0.2) is 6.04 Å². The Morgan fingerprint density at radius 2 is 2.23 bits per heavy atom. The molecule has 1 atom stereocenters. The molecular weight excluding hydrogens is 160 g/mol. The van der Waals surface area contributed by atoms with E-state index < -0.39 is 0 Å². The van der Waals surface area contributed by atoms with E-state index in [4.69, 9.17) is 5.73 Å². The lowest BCUT2D eigenvalue weighted by Crippen LogP contribution is -2.13. The van der Waals surface area contributed by atoms with Crippen LogP contribution < -0.4 is 11.1 Å². The normalized spacial score (nSPS) is 12.5. The molecule has 0 spiro atoms. The highest BCUT2D eigenvalue weighted by Gasteiger charge is 1.98. The molecule has 0 radical (unpaired) electrons. The molecule has 0 aliphatic rings. The summed E-state index contributed by atoms with van der Waals surface area (Å²) in [7, 11) is 0. The average Bonchev–Trinajstić information content (AvgIpc) is 2.18. The van der Waals surface area contributed by atoms with Gasteiger partial charge in [-0.2, -0.15) is 0 Å². The van der Waals surface area contributed by atoms with E-state index in [2.05, 4.69) is 31.3 Å². The van der Waals surface area contributed by atoms with Gasteiger partial charge in [0.2, 0.25) is 0 Å². The van der Waals surface area contributed by atoms with Crippen molar-refractivity contribution >= 4 is 5.69 Å². The largest absolute Gasteiger partial charge is 0.383 e. The van der Waals surface area contributed by atoms with E-state index in [0.717, 1.165) is 12.1 Å². The quantitative estimate of drug-likeness (QED) is 0.742. The predicted octanol–water partition coefficient (Wildman–Crippen LogP) is 2.36. The third-order valence-corrected chi connectivity index (χ3v) is 2.19. The van der Waals surface area contributed by atoms with E-state index >= 15 is 0 Å². The topological polar surface area (TPSA) is 38.0 Å². The molecule has 0 saturated carbocycles. The lowest BCUT2D eigenvalue weighted by molar-refractivity contribution is 0.764. The maximum Gasteiger partial charge on any atom is 0.0345 e. The van der Waals surface area contributed by atoms with Gasteiger partial charge in [0.15, 0.2) is 0 Å². The molecule has 0 aliphatic carbocycles. The summed E-state index contributed by atoms with van der Waals surface area (Å²) in [6.45, 7) is 4.95. The Labute approximate surface area is 80.1 Å². The van der Waals surface area contributed by atoms with Crippen molar-refractivity contribution in [2.24, 2.45) is 5.73 Å². The Morgan fingerprint density at radius 3 is 2.85 bits per heavy atom. The van der Waals surface area contributed by atoms with Crippen LogP contribution in [0.15, 0.2) is 24.3 Å². The molecule has 0 amide bonds. The summed E-state index contributed by atoms with van der Waals surface area (Å²) in [6.07, 6.45) is 1.13. The first-order valence-electron chi connectivity index (χ1n) is 4.81. The van der Waals surface area contributed by atoms with Crippen molar-refractivity contribution in [2.75, 3.05) is 5.32 Å². The van der Waals surface area contributed by atoms with Gasteiger partial charge in [0.1, 0.15) is 0 Å². The standard InChI is InChI=1S/C11H18N2/c1-3-9(2)13-11-6-4-5-10(7-11)8-12/h4-7,9,13H,3,8,12H2,1-2H3. The molecule has 1 aromatic rings.